The Hall–Kier alpha value is -2.81. The summed E-state index contributed by atoms with van der Waals surface area (Å²) in [5, 5.41) is 4.41. The Morgan fingerprint density at radius 2 is 2.12 bits per heavy atom. The summed E-state index contributed by atoms with van der Waals surface area (Å²) >= 11 is 1.01. The average molecular weight is 378 g/mol. The zero-order valence-electron chi connectivity index (χ0n) is 14.3. The SMILES string of the molecule is Cc1csc(=O)n1CC(=O)OCC(=O)N[C@@H](C)c1ccc2c(c1)OCO2. The van der Waals surface area contributed by atoms with E-state index >= 15 is 0 Å². The summed E-state index contributed by atoms with van der Waals surface area (Å²) in [5.74, 6) is 0.226. The largest absolute Gasteiger partial charge is 0.454 e. The summed E-state index contributed by atoms with van der Waals surface area (Å²) in [7, 11) is 0. The Labute approximate surface area is 153 Å². The van der Waals surface area contributed by atoms with Gasteiger partial charge in [-0.3, -0.25) is 19.0 Å². The van der Waals surface area contributed by atoms with Crippen LogP contribution in [0, 0.1) is 6.92 Å². The number of benzene rings is 1. The molecule has 1 amide bonds. The molecule has 0 saturated carbocycles. The Balaban J connectivity index is 1.49. The molecule has 9 heteroatoms. The number of rotatable bonds is 6. The molecule has 1 aliphatic heterocycles. The van der Waals surface area contributed by atoms with Crippen LogP contribution >= 0.6 is 11.3 Å². The second-order valence-corrected chi connectivity index (χ2v) is 6.61. The highest BCUT2D eigenvalue weighted by Crippen LogP contribution is 2.34. The average Bonchev–Trinajstić information content (AvgIpc) is 3.21. The molecule has 0 unspecified atom stereocenters. The van der Waals surface area contributed by atoms with Gasteiger partial charge in [-0.1, -0.05) is 17.4 Å². The maximum Gasteiger partial charge on any atom is 0.326 e. The normalized spacial score (nSPS) is 13.3. The standard InChI is InChI=1S/C17H18N2O6S/c1-10-8-26-17(22)19(10)6-16(21)23-7-15(20)18-11(2)12-3-4-13-14(5-12)25-9-24-13/h3-5,8,11H,6-7,9H2,1-2H3,(H,18,20)/t11-/m0/s1. The number of ether oxygens (including phenoxy) is 3. The van der Waals surface area contributed by atoms with Gasteiger partial charge in [-0.15, -0.1) is 0 Å². The van der Waals surface area contributed by atoms with Crippen molar-refractivity contribution in [1.82, 2.24) is 9.88 Å². The minimum Gasteiger partial charge on any atom is -0.454 e. The summed E-state index contributed by atoms with van der Waals surface area (Å²) in [6, 6.07) is 5.11. The predicted molar refractivity (Wildman–Crippen MR) is 93.4 cm³/mol. The fourth-order valence-electron chi connectivity index (χ4n) is 2.47. The van der Waals surface area contributed by atoms with Gasteiger partial charge in [-0.25, -0.2) is 0 Å². The van der Waals surface area contributed by atoms with Crippen LogP contribution in [0.15, 0.2) is 28.4 Å². The molecule has 26 heavy (non-hydrogen) atoms. The van der Waals surface area contributed by atoms with E-state index in [2.05, 4.69) is 5.32 Å². The van der Waals surface area contributed by atoms with E-state index in [1.807, 2.05) is 13.0 Å². The van der Waals surface area contributed by atoms with Gasteiger partial charge in [0.1, 0.15) is 6.54 Å². The molecular weight excluding hydrogens is 360 g/mol. The van der Waals surface area contributed by atoms with E-state index in [4.69, 9.17) is 14.2 Å². The number of thiazole rings is 1. The molecule has 1 aliphatic rings. The molecule has 138 valence electrons. The molecule has 0 aliphatic carbocycles. The fraction of sp³-hybridized carbons (Fsp3) is 0.353. The molecule has 0 spiro atoms. The summed E-state index contributed by atoms with van der Waals surface area (Å²) in [5.41, 5.74) is 1.52. The van der Waals surface area contributed by atoms with Crippen molar-refractivity contribution in [3.63, 3.8) is 0 Å². The van der Waals surface area contributed by atoms with Gasteiger partial charge in [0.25, 0.3) is 5.91 Å². The van der Waals surface area contributed by atoms with Gasteiger partial charge >= 0.3 is 10.8 Å². The van der Waals surface area contributed by atoms with Crippen LogP contribution in [0.1, 0.15) is 24.2 Å². The van der Waals surface area contributed by atoms with Crippen LogP contribution in [0.5, 0.6) is 11.5 Å². The smallest absolute Gasteiger partial charge is 0.326 e. The minimum atomic E-state index is -0.639. The number of nitrogens with zero attached hydrogens (tertiary/aromatic N) is 1. The Kier molecular flexibility index (Phi) is 5.27. The topological polar surface area (TPSA) is 95.9 Å². The van der Waals surface area contributed by atoms with Gasteiger partial charge in [0.15, 0.2) is 18.1 Å². The van der Waals surface area contributed by atoms with Crippen LogP contribution in [0.3, 0.4) is 0 Å². The Bertz CT molecular complexity index is 888. The van der Waals surface area contributed by atoms with E-state index in [-0.39, 0.29) is 24.3 Å². The van der Waals surface area contributed by atoms with Crippen molar-refractivity contribution in [2.24, 2.45) is 0 Å². The monoisotopic (exact) mass is 378 g/mol. The summed E-state index contributed by atoms with van der Waals surface area (Å²) < 4.78 is 16.8. The van der Waals surface area contributed by atoms with Crippen molar-refractivity contribution in [3.05, 3.63) is 44.5 Å². The molecule has 3 rings (SSSR count). The number of esters is 1. The number of aromatic nitrogens is 1. The number of carbonyl (C=O) groups excluding carboxylic acids is 2. The van der Waals surface area contributed by atoms with Crippen LogP contribution in [-0.4, -0.2) is 29.8 Å². The first-order valence-corrected chi connectivity index (χ1v) is 8.81. The van der Waals surface area contributed by atoms with Crippen molar-refractivity contribution >= 4 is 23.2 Å². The second-order valence-electron chi connectivity index (χ2n) is 5.79. The van der Waals surface area contributed by atoms with Gasteiger partial charge in [-0.05, 0) is 31.5 Å². The maximum absolute atomic E-state index is 12.0. The van der Waals surface area contributed by atoms with E-state index in [9.17, 15) is 14.4 Å². The van der Waals surface area contributed by atoms with Crippen LogP contribution in [-0.2, 0) is 20.9 Å². The molecular formula is C17H18N2O6S. The zero-order chi connectivity index (χ0) is 18.7. The molecule has 1 aromatic heterocycles. The van der Waals surface area contributed by atoms with Gasteiger partial charge in [0, 0.05) is 11.1 Å². The summed E-state index contributed by atoms with van der Waals surface area (Å²) in [6.07, 6.45) is 0. The number of amides is 1. The van der Waals surface area contributed by atoms with Crippen LogP contribution in [0.25, 0.3) is 0 Å². The summed E-state index contributed by atoms with van der Waals surface area (Å²) in [4.78, 5) is 35.1. The third kappa shape index (κ3) is 4.05. The highest BCUT2D eigenvalue weighted by molar-refractivity contribution is 7.07. The van der Waals surface area contributed by atoms with Crippen molar-refractivity contribution < 1.29 is 23.8 Å². The van der Waals surface area contributed by atoms with E-state index in [1.165, 1.54) is 4.57 Å². The first-order chi connectivity index (χ1) is 12.4. The first-order valence-electron chi connectivity index (χ1n) is 7.93. The first kappa shape index (κ1) is 18.0. The number of fused-ring (bicyclic) bond motifs is 1. The third-order valence-corrected chi connectivity index (χ3v) is 4.78. The predicted octanol–water partition coefficient (Wildman–Crippen LogP) is 1.37. The van der Waals surface area contributed by atoms with E-state index in [1.54, 1.807) is 24.4 Å². The molecule has 1 atom stereocenters. The molecule has 0 bridgehead atoms. The van der Waals surface area contributed by atoms with E-state index in [0.29, 0.717) is 17.2 Å². The highest BCUT2D eigenvalue weighted by Gasteiger charge is 2.18. The molecule has 0 saturated heterocycles. The quantitative estimate of drug-likeness (QED) is 0.763. The summed E-state index contributed by atoms with van der Waals surface area (Å²) in [6.45, 7) is 3.10. The number of hydrogen-bond acceptors (Lipinski definition) is 7. The molecule has 0 fully saturated rings. The van der Waals surface area contributed by atoms with Crippen LogP contribution in [0.2, 0.25) is 0 Å². The van der Waals surface area contributed by atoms with Gasteiger partial charge in [0.2, 0.25) is 6.79 Å². The molecule has 8 nitrogen and oxygen atoms in total. The van der Waals surface area contributed by atoms with Crippen LogP contribution in [0.4, 0.5) is 0 Å². The third-order valence-electron chi connectivity index (χ3n) is 3.90. The Morgan fingerprint density at radius 1 is 1.35 bits per heavy atom. The number of carbonyl (C=O) groups is 2. The van der Waals surface area contributed by atoms with Gasteiger partial charge < -0.3 is 19.5 Å². The molecule has 0 radical (unpaired) electrons. The lowest BCUT2D eigenvalue weighted by Gasteiger charge is -2.15. The number of nitrogens with one attached hydrogen (secondary N) is 1. The number of hydrogen-bond donors (Lipinski definition) is 1. The van der Waals surface area contributed by atoms with Crippen molar-refractivity contribution in [3.8, 4) is 11.5 Å². The van der Waals surface area contributed by atoms with Crippen LogP contribution < -0.4 is 19.7 Å². The fourth-order valence-corrected chi connectivity index (χ4v) is 3.20. The molecule has 2 aromatic rings. The van der Waals surface area contributed by atoms with Gasteiger partial charge in [-0.2, -0.15) is 0 Å². The highest BCUT2D eigenvalue weighted by atomic mass is 32.1. The maximum atomic E-state index is 12.0. The van der Waals surface area contributed by atoms with Crippen molar-refractivity contribution in [2.75, 3.05) is 13.4 Å². The lowest BCUT2D eigenvalue weighted by molar-refractivity contribution is -0.149. The molecule has 2 heterocycles. The minimum absolute atomic E-state index is 0.183. The van der Waals surface area contributed by atoms with Crippen molar-refractivity contribution in [1.29, 1.82) is 0 Å². The zero-order valence-corrected chi connectivity index (χ0v) is 15.1. The molecule has 1 N–H and O–H groups in total. The number of aryl methyl sites for hydroxylation is 1. The lowest BCUT2D eigenvalue weighted by atomic mass is 10.1. The van der Waals surface area contributed by atoms with Crippen molar-refractivity contribution in [2.45, 2.75) is 26.4 Å². The van der Waals surface area contributed by atoms with E-state index in [0.717, 1.165) is 16.9 Å². The lowest BCUT2D eigenvalue weighted by Crippen LogP contribution is -2.32. The van der Waals surface area contributed by atoms with E-state index < -0.39 is 18.5 Å². The second kappa shape index (κ2) is 7.61. The van der Waals surface area contributed by atoms with Gasteiger partial charge in [0.05, 0.1) is 6.04 Å². The Morgan fingerprint density at radius 3 is 2.85 bits per heavy atom. The molecule has 1 aromatic carbocycles.